The van der Waals surface area contributed by atoms with Crippen LogP contribution in [0.3, 0.4) is 0 Å². The van der Waals surface area contributed by atoms with Gasteiger partial charge in [-0.15, -0.1) is 0 Å². The predicted octanol–water partition coefficient (Wildman–Crippen LogP) is 3.04. The maximum absolute atomic E-state index is 13.5. The molecule has 1 saturated heterocycles. The summed E-state index contributed by atoms with van der Waals surface area (Å²) in [5.41, 5.74) is 2.29. The molecule has 1 atom stereocenters. The largest absolute Gasteiger partial charge is 0.356 e. The summed E-state index contributed by atoms with van der Waals surface area (Å²) in [5.74, 6) is -0.481. The number of benzene rings is 2. The number of nitrogens with one attached hydrogen (secondary N) is 1. The average Bonchev–Trinajstić information content (AvgIpc) is 3.33. The summed E-state index contributed by atoms with van der Waals surface area (Å²) in [6.07, 6.45) is 2.29. The number of rotatable bonds is 8. The van der Waals surface area contributed by atoms with Gasteiger partial charge in [-0.3, -0.25) is 14.4 Å². The lowest BCUT2D eigenvalue weighted by molar-refractivity contribution is -0.127. The highest BCUT2D eigenvalue weighted by Gasteiger charge is 2.34. The number of hydrogen-bond acceptors (Lipinski definition) is 3. The van der Waals surface area contributed by atoms with E-state index in [1.165, 1.54) is 12.1 Å². The zero-order valence-electron chi connectivity index (χ0n) is 17.4. The molecule has 0 aliphatic carbocycles. The van der Waals surface area contributed by atoms with E-state index in [1.54, 1.807) is 23.1 Å². The van der Waals surface area contributed by atoms with Gasteiger partial charge in [-0.1, -0.05) is 30.3 Å². The molecule has 2 aliphatic rings. The van der Waals surface area contributed by atoms with Gasteiger partial charge in [0.2, 0.25) is 11.8 Å². The van der Waals surface area contributed by atoms with Gasteiger partial charge in [-0.2, -0.15) is 0 Å². The third-order valence-electron chi connectivity index (χ3n) is 5.96. The zero-order chi connectivity index (χ0) is 21.8. The SMILES string of the molecule is O=C(CC(c1ccc(F)cc1)N1Cc2ccccc2C1=O)NCCCN1CCCC1=O. The van der Waals surface area contributed by atoms with Gasteiger partial charge >= 0.3 is 0 Å². The lowest BCUT2D eigenvalue weighted by atomic mass is 10.0. The van der Waals surface area contributed by atoms with Crippen LogP contribution < -0.4 is 5.32 Å². The van der Waals surface area contributed by atoms with Gasteiger partial charge in [-0.05, 0) is 42.2 Å². The lowest BCUT2D eigenvalue weighted by Crippen LogP contribution is -2.35. The van der Waals surface area contributed by atoms with Crippen LogP contribution in [0.2, 0.25) is 0 Å². The maximum atomic E-state index is 13.5. The second kappa shape index (κ2) is 9.29. The van der Waals surface area contributed by atoms with Crippen LogP contribution >= 0.6 is 0 Å². The minimum Gasteiger partial charge on any atom is -0.356 e. The van der Waals surface area contributed by atoms with Crippen LogP contribution in [0.4, 0.5) is 4.39 Å². The Morgan fingerprint density at radius 1 is 1.10 bits per heavy atom. The predicted molar refractivity (Wildman–Crippen MR) is 114 cm³/mol. The molecule has 0 saturated carbocycles. The van der Waals surface area contributed by atoms with Crippen LogP contribution in [-0.4, -0.2) is 47.2 Å². The molecule has 1 unspecified atom stereocenters. The molecule has 2 aromatic carbocycles. The van der Waals surface area contributed by atoms with E-state index < -0.39 is 6.04 Å². The quantitative estimate of drug-likeness (QED) is 0.664. The van der Waals surface area contributed by atoms with Crippen LogP contribution in [0.15, 0.2) is 48.5 Å². The van der Waals surface area contributed by atoms with E-state index in [2.05, 4.69) is 5.32 Å². The molecule has 0 aromatic heterocycles. The summed E-state index contributed by atoms with van der Waals surface area (Å²) in [6.45, 7) is 2.31. The summed E-state index contributed by atoms with van der Waals surface area (Å²) in [7, 11) is 0. The summed E-state index contributed by atoms with van der Waals surface area (Å²) in [4.78, 5) is 40.8. The third kappa shape index (κ3) is 4.76. The van der Waals surface area contributed by atoms with Crippen LogP contribution in [0.1, 0.15) is 53.2 Å². The van der Waals surface area contributed by atoms with E-state index >= 15 is 0 Å². The van der Waals surface area contributed by atoms with Gasteiger partial charge in [0.05, 0.1) is 12.5 Å². The van der Waals surface area contributed by atoms with Crippen LogP contribution in [0.25, 0.3) is 0 Å². The summed E-state index contributed by atoms with van der Waals surface area (Å²) >= 11 is 0. The normalized spacial score (nSPS) is 16.5. The molecule has 0 bridgehead atoms. The lowest BCUT2D eigenvalue weighted by Gasteiger charge is -2.28. The highest BCUT2D eigenvalue weighted by molar-refractivity contribution is 5.98. The van der Waals surface area contributed by atoms with Crippen molar-refractivity contribution >= 4 is 17.7 Å². The van der Waals surface area contributed by atoms with Crippen molar-refractivity contribution in [1.29, 1.82) is 0 Å². The van der Waals surface area contributed by atoms with Crippen LogP contribution in [-0.2, 0) is 16.1 Å². The molecule has 7 heteroatoms. The second-order valence-electron chi connectivity index (χ2n) is 8.05. The van der Waals surface area contributed by atoms with Crippen molar-refractivity contribution in [3.63, 3.8) is 0 Å². The van der Waals surface area contributed by atoms with Gasteiger partial charge in [-0.25, -0.2) is 4.39 Å². The van der Waals surface area contributed by atoms with Crippen molar-refractivity contribution in [2.45, 2.75) is 38.3 Å². The fraction of sp³-hybridized carbons (Fsp3) is 0.375. The fourth-order valence-electron chi connectivity index (χ4n) is 4.31. The molecule has 0 spiro atoms. The number of likely N-dealkylation sites (tertiary alicyclic amines) is 1. The van der Waals surface area contributed by atoms with Crippen molar-refractivity contribution in [3.05, 3.63) is 71.0 Å². The molecule has 31 heavy (non-hydrogen) atoms. The summed E-state index contributed by atoms with van der Waals surface area (Å²) in [6, 6.07) is 12.9. The summed E-state index contributed by atoms with van der Waals surface area (Å²) < 4.78 is 13.5. The number of halogens is 1. The molecular weight excluding hydrogens is 397 g/mol. The Morgan fingerprint density at radius 3 is 2.58 bits per heavy atom. The first-order valence-electron chi connectivity index (χ1n) is 10.7. The highest BCUT2D eigenvalue weighted by Crippen LogP contribution is 2.33. The second-order valence-corrected chi connectivity index (χ2v) is 8.05. The topological polar surface area (TPSA) is 69.7 Å². The van der Waals surface area contributed by atoms with Crippen LogP contribution in [0.5, 0.6) is 0 Å². The summed E-state index contributed by atoms with van der Waals surface area (Å²) in [5, 5.41) is 2.90. The molecule has 2 aliphatic heterocycles. The minimum atomic E-state index is -0.486. The number of hydrogen-bond donors (Lipinski definition) is 1. The Kier molecular flexibility index (Phi) is 6.30. The van der Waals surface area contributed by atoms with Gasteiger partial charge in [0.1, 0.15) is 5.82 Å². The van der Waals surface area contributed by atoms with Gasteiger partial charge in [0, 0.05) is 38.2 Å². The number of carbonyl (C=O) groups is 3. The third-order valence-corrected chi connectivity index (χ3v) is 5.96. The molecule has 1 N–H and O–H groups in total. The van der Waals surface area contributed by atoms with Crippen molar-refractivity contribution < 1.29 is 18.8 Å². The molecule has 2 aromatic rings. The molecule has 2 heterocycles. The van der Waals surface area contributed by atoms with E-state index in [-0.39, 0.29) is 30.0 Å². The average molecular weight is 423 g/mol. The van der Waals surface area contributed by atoms with Crippen molar-refractivity contribution in [2.24, 2.45) is 0 Å². The van der Waals surface area contributed by atoms with E-state index in [1.807, 2.05) is 23.1 Å². The van der Waals surface area contributed by atoms with E-state index in [4.69, 9.17) is 0 Å². The minimum absolute atomic E-state index is 0.0913. The van der Waals surface area contributed by atoms with Crippen molar-refractivity contribution in [1.82, 2.24) is 15.1 Å². The van der Waals surface area contributed by atoms with E-state index in [0.29, 0.717) is 38.0 Å². The Morgan fingerprint density at radius 2 is 1.87 bits per heavy atom. The number of carbonyl (C=O) groups excluding carboxylic acids is 3. The molecular formula is C24H26FN3O3. The Hall–Kier alpha value is -3.22. The number of amides is 3. The Balaban J connectivity index is 1.40. The van der Waals surface area contributed by atoms with Crippen molar-refractivity contribution in [2.75, 3.05) is 19.6 Å². The standard InChI is InChI=1S/C24H26FN3O3/c25-19-10-8-17(9-11-19)21(28-16-18-5-1-2-6-20(18)24(28)31)15-22(29)26-12-4-14-27-13-3-7-23(27)30/h1-2,5-6,8-11,21H,3-4,7,12-16H2,(H,26,29). The molecule has 3 amide bonds. The van der Waals surface area contributed by atoms with E-state index in [0.717, 1.165) is 24.1 Å². The van der Waals surface area contributed by atoms with E-state index in [9.17, 15) is 18.8 Å². The highest BCUT2D eigenvalue weighted by atomic mass is 19.1. The number of fused-ring (bicyclic) bond motifs is 1. The molecule has 162 valence electrons. The Labute approximate surface area is 181 Å². The number of nitrogens with zero attached hydrogens (tertiary/aromatic N) is 2. The first-order chi connectivity index (χ1) is 15.0. The Bertz CT molecular complexity index is 976. The smallest absolute Gasteiger partial charge is 0.255 e. The van der Waals surface area contributed by atoms with Gasteiger partial charge in [0.25, 0.3) is 5.91 Å². The molecule has 6 nitrogen and oxygen atoms in total. The first kappa shape index (κ1) is 21.0. The monoisotopic (exact) mass is 423 g/mol. The van der Waals surface area contributed by atoms with Gasteiger partial charge in [0.15, 0.2) is 0 Å². The zero-order valence-corrected chi connectivity index (χ0v) is 17.4. The molecule has 0 radical (unpaired) electrons. The first-order valence-corrected chi connectivity index (χ1v) is 10.7. The fourth-order valence-corrected chi connectivity index (χ4v) is 4.31. The van der Waals surface area contributed by atoms with Crippen molar-refractivity contribution in [3.8, 4) is 0 Å². The van der Waals surface area contributed by atoms with Gasteiger partial charge < -0.3 is 15.1 Å². The molecule has 1 fully saturated rings. The van der Waals surface area contributed by atoms with Crippen LogP contribution in [0, 0.1) is 5.82 Å². The maximum Gasteiger partial charge on any atom is 0.255 e. The molecule has 4 rings (SSSR count).